The van der Waals surface area contributed by atoms with Gasteiger partial charge in [0.1, 0.15) is 29.6 Å². The molecule has 156 valence electrons. The third-order valence-corrected chi connectivity index (χ3v) is 6.24. The van der Waals surface area contributed by atoms with Gasteiger partial charge in [-0.1, -0.05) is 31.0 Å². The van der Waals surface area contributed by atoms with Crippen LogP contribution in [0.4, 0.5) is 0 Å². The Kier molecular flexibility index (Phi) is 7.11. The van der Waals surface area contributed by atoms with E-state index in [0.717, 1.165) is 25.7 Å². The Balaban J connectivity index is 1.64. The smallest absolute Gasteiger partial charge is 0.338 e. The minimum absolute atomic E-state index is 0.0438. The fourth-order valence-electron chi connectivity index (χ4n) is 3.23. The highest BCUT2D eigenvalue weighted by Crippen LogP contribution is 2.27. The van der Waals surface area contributed by atoms with Gasteiger partial charge < -0.3 is 14.2 Å². The molecule has 2 aromatic rings. The number of nitrogens with one attached hydrogen (secondary N) is 1. The van der Waals surface area contributed by atoms with Crippen LogP contribution in [0.3, 0.4) is 0 Å². The molecular weight excluding hydrogens is 394 g/mol. The lowest BCUT2D eigenvalue weighted by Gasteiger charge is -2.15. The first kappa shape index (κ1) is 21.1. The highest BCUT2D eigenvalue weighted by atomic mass is 32.2. The molecule has 7 nitrogen and oxygen atoms in total. The molecule has 3 rings (SSSR count). The van der Waals surface area contributed by atoms with Gasteiger partial charge in [0.05, 0.1) is 12.7 Å². The monoisotopic (exact) mass is 419 g/mol. The highest BCUT2D eigenvalue weighted by Gasteiger charge is 2.26. The minimum Gasteiger partial charge on any atom is -0.495 e. The van der Waals surface area contributed by atoms with E-state index in [0.29, 0.717) is 5.75 Å². The van der Waals surface area contributed by atoms with Crippen molar-refractivity contribution in [1.29, 1.82) is 0 Å². The first-order chi connectivity index (χ1) is 14.0. The van der Waals surface area contributed by atoms with Gasteiger partial charge in [-0.3, -0.25) is 0 Å². The van der Waals surface area contributed by atoms with Crippen LogP contribution in [0.5, 0.6) is 11.5 Å². The van der Waals surface area contributed by atoms with Gasteiger partial charge in [0, 0.05) is 6.04 Å². The van der Waals surface area contributed by atoms with Crippen LogP contribution in [0, 0.1) is 0 Å². The summed E-state index contributed by atoms with van der Waals surface area (Å²) in [4.78, 5) is 12.3. The van der Waals surface area contributed by atoms with E-state index < -0.39 is 16.0 Å². The number of para-hydroxylation sites is 1. The first-order valence-electron chi connectivity index (χ1n) is 9.55. The van der Waals surface area contributed by atoms with Gasteiger partial charge in [0.2, 0.25) is 10.0 Å². The number of carbonyl (C=O) groups excluding carboxylic acids is 1. The van der Waals surface area contributed by atoms with Crippen LogP contribution in [0.15, 0.2) is 53.4 Å². The van der Waals surface area contributed by atoms with Crippen molar-refractivity contribution in [2.24, 2.45) is 0 Å². The molecule has 0 saturated heterocycles. The van der Waals surface area contributed by atoms with E-state index >= 15 is 0 Å². The van der Waals surface area contributed by atoms with E-state index in [1.54, 1.807) is 12.1 Å². The number of hydrogen-bond acceptors (Lipinski definition) is 6. The predicted molar refractivity (Wildman–Crippen MR) is 108 cm³/mol. The topological polar surface area (TPSA) is 90.9 Å². The van der Waals surface area contributed by atoms with E-state index in [1.807, 2.05) is 18.2 Å². The van der Waals surface area contributed by atoms with Crippen LogP contribution >= 0.6 is 0 Å². The molecule has 8 heteroatoms. The molecular formula is C21H25NO6S. The third-order valence-electron chi connectivity index (χ3n) is 4.69. The van der Waals surface area contributed by atoms with Gasteiger partial charge in [-0.05, 0) is 43.2 Å². The van der Waals surface area contributed by atoms with E-state index in [1.165, 1.54) is 25.3 Å². The van der Waals surface area contributed by atoms with Crippen molar-refractivity contribution >= 4 is 16.0 Å². The molecule has 1 N–H and O–H groups in total. The predicted octanol–water partition coefficient (Wildman–Crippen LogP) is 3.15. The van der Waals surface area contributed by atoms with Crippen molar-refractivity contribution in [2.75, 3.05) is 20.3 Å². The fourth-order valence-corrected chi connectivity index (χ4v) is 4.73. The number of carbonyl (C=O) groups is 1. The summed E-state index contributed by atoms with van der Waals surface area (Å²) in [5.74, 6) is 0.237. The molecule has 1 fully saturated rings. The standard InChI is InChI=1S/C21H25NO6S/c1-26-19-12-11-16(15-20(19)29(24,25)22-17-7-5-6-8-17)21(23)28-14-13-27-18-9-3-2-4-10-18/h2-4,9-12,15,17,22H,5-8,13-14H2,1H3. The van der Waals surface area contributed by atoms with Crippen LogP contribution in [0.1, 0.15) is 36.0 Å². The molecule has 2 aromatic carbocycles. The van der Waals surface area contributed by atoms with Crippen molar-refractivity contribution in [3.63, 3.8) is 0 Å². The molecule has 0 unspecified atom stereocenters. The van der Waals surface area contributed by atoms with Crippen molar-refractivity contribution in [3.8, 4) is 11.5 Å². The van der Waals surface area contributed by atoms with Crippen LogP contribution in [0.25, 0.3) is 0 Å². The second kappa shape index (κ2) is 9.76. The van der Waals surface area contributed by atoms with Gasteiger partial charge in [-0.15, -0.1) is 0 Å². The largest absolute Gasteiger partial charge is 0.495 e. The Labute approximate surface area is 171 Å². The maximum Gasteiger partial charge on any atom is 0.338 e. The number of methoxy groups -OCH3 is 1. The molecule has 0 amide bonds. The summed E-state index contributed by atoms with van der Waals surface area (Å²) in [5.41, 5.74) is 0.136. The Morgan fingerprint density at radius 2 is 1.79 bits per heavy atom. The zero-order chi connectivity index (χ0) is 20.7. The lowest BCUT2D eigenvalue weighted by Crippen LogP contribution is -2.33. The zero-order valence-electron chi connectivity index (χ0n) is 16.3. The maximum atomic E-state index is 12.8. The average molecular weight is 419 g/mol. The van der Waals surface area contributed by atoms with E-state index in [9.17, 15) is 13.2 Å². The van der Waals surface area contributed by atoms with Gasteiger partial charge in [-0.2, -0.15) is 0 Å². The summed E-state index contributed by atoms with van der Waals surface area (Å²) in [6.45, 7) is 0.239. The third kappa shape index (κ3) is 5.71. The molecule has 0 aliphatic heterocycles. The maximum absolute atomic E-state index is 12.8. The van der Waals surface area contributed by atoms with Crippen molar-refractivity contribution in [2.45, 2.75) is 36.6 Å². The lowest BCUT2D eigenvalue weighted by atomic mass is 10.2. The summed E-state index contributed by atoms with van der Waals surface area (Å²) >= 11 is 0. The zero-order valence-corrected chi connectivity index (χ0v) is 17.1. The second-order valence-electron chi connectivity index (χ2n) is 6.77. The quantitative estimate of drug-likeness (QED) is 0.496. The van der Waals surface area contributed by atoms with E-state index in [2.05, 4.69) is 4.72 Å². The lowest BCUT2D eigenvalue weighted by molar-refractivity contribution is 0.0450. The number of hydrogen-bond donors (Lipinski definition) is 1. The molecule has 1 aliphatic rings. The summed E-state index contributed by atoms with van der Waals surface area (Å²) < 4.78 is 44.2. The summed E-state index contributed by atoms with van der Waals surface area (Å²) in [7, 11) is -2.42. The summed E-state index contributed by atoms with van der Waals surface area (Å²) in [5, 5.41) is 0. The number of rotatable bonds is 9. The molecule has 0 spiro atoms. The molecule has 1 saturated carbocycles. The normalized spacial score (nSPS) is 14.5. The Morgan fingerprint density at radius 1 is 1.07 bits per heavy atom. The SMILES string of the molecule is COc1ccc(C(=O)OCCOc2ccccc2)cc1S(=O)(=O)NC1CCCC1. The van der Waals surface area contributed by atoms with Crippen molar-refractivity contribution < 1.29 is 27.4 Å². The van der Waals surface area contributed by atoms with Crippen LogP contribution in [0.2, 0.25) is 0 Å². The Hall–Kier alpha value is -2.58. The number of esters is 1. The van der Waals surface area contributed by atoms with Gasteiger partial charge in [0.15, 0.2) is 0 Å². The van der Waals surface area contributed by atoms with Gasteiger partial charge >= 0.3 is 5.97 Å². The summed E-state index contributed by atoms with van der Waals surface area (Å²) in [6.07, 6.45) is 3.62. The number of ether oxygens (including phenoxy) is 3. The molecule has 29 heavy (non-hydrogen) atoms. The Bertz CT molecular complexity index is 923. The molecule has 0 aromatic heterocycles. The van der Waals surface area contributed by atoms with Gasteiger partial charge in [0.25, 0.3) is 0 Å². The van der Waals surface area contributed by atoms with Crippen molar-refractivity contribution in [3.05, 3.63) is 54.1 Å². The molecule has 0 bridgehead atoms. The number of sulfonamides is 1. The van der Waals surface area contributed by atoms with Crippen molar-refractivity contribution in [1.82, 2.24) is 4.72 Å². The first-order valence-corrected chi connectivity index (χ1v) is 11.0. The second-order valence-corrected chi connectivity index (χ2v) is 8.45. The van der Waals surface area contributed by atoms with Crippen LogP contribution in [-0.4, -0.2) is 40.8 Å². The fraction of sp³-hybridized carbons (Fsp3) is 0.381. The molecule has 0 radical (unpaired) electrons. The van der Waals surface area contributed by atoms with Crippen LogP contribution in [-0.2, 0) is 14.8 Å². The molecule has 0 heterocycles. The molecule has 1 aliphatic carbocycles. The average Bonchev–Trinajstić information content (AvgIpc) is 3.23. The van der Waals surface area contributed by atoms with E-state index in [4.69, 9.17) is 14.2 Å². The highest BCUT2D eigenvalue weighted by molar-refractivity contribution is 7.89. The summed E-state index contributed by atoms with van der Waals surface area (Å²) in [6, 6.07) is 13.3. The van der Waals surface area contributed by atoms with Crippen LogP contribution < -0.4 is 14.2 Å². The molecule has 0 atom stereocenters. The van der Waals surface area contributed by atoms with E-state index in [-0.39, 0.29) is 35.5 Å². The minimum atomic E-state index is -3.81. The number of benzene rings is 2. The Morgan fingerprint density at radius 3 is 2.48 bits per heavy atom. The van der Waals surface area contributed by atoms with Gasteiger partial charge in [-0.25, -0.2) is 17.9 Å².